The normalized spacial score (nSPS) is 10.8. The summed E-state index contributed by atoms with van der Waals surface area (Å²) < 4.78 is 0. The standard InChI is InChI=1S/C23H25ClN6O3.ClH/c1-23(2,26)11-12-30(22(33)19-18(20(25)31)27-13-28-19)15-9-7-14(8-10-15)29-21(32)16-5-3-4-6-17(16)24;/h3-10,13H,11-12,26H2,1-2H3,(H2,25,31)(H,27,28)(H,29,32);1H. The summed E-state index contributed by atoms with van der Waals surface area (Å²) in [6.07, 6.45) is 1.73. The van der Waals surface area contributed by atoms with Gasteiger partial charge in [-0.3, -0.25) is 14.4 Å². The van der Waals surface area contributed by atoms with E-state index in [1.807, 2.05) is 13.8 Å². The van der Waals surface area contributed by atoms with Gasteiger partial charge in [0.15, 0.2) is 5.69 Å². The molecule has 1 aromatic heterocycles. The minimum absolute atomic E-state index is 0. The molecule has 0 aliphatic heterocycles. The number of nitrogens with two attached hydrogens (primary N) is 2. The van der Waals surface area contributed by atoms with Crippen molar-refractivity contribution in [3.63, 3.8) is 0 Å². The molecule has 3 amide bonds. The maximum atomic E-state index is 13.3. The summed E-state index contributed by atoms with van der Waals surface area (Å²) in [6.45, 7) is 3.99. The molecule has 0 unspecified atom stereocenters. The van der Waals surface area contributed by atoms with Crippen LogP contribution >= 0.6 is 24.0 Å². The number of aromatic nitrogens is 2. The van der Waals surface area contributed by atoms with Crippen LogP contribution in [0, 0.1) is 0 Å². The number of amides is 3. The van der Waals surface area contributed by atoms with E-state index in [1.165, 1.54) is 11.2 Å². The molecule has 0 spiro atoms. The number of halogens is 2. The molecule has 11 heteroatoms. The number of nitrogens with one attached hydrogen (secondary N) is 2. The van der Waals surface area contributed by atoms with E-state index in [1.54, 1.807) is 48.5 Å². The van der Waals surface area contributed by atoms with Gasteiger partial charge in [0, 0.05) is 23.5 Å². The summed E-state index contributed by atoms with van der Waals surface area (Å²) in [5, 5.41) is 3.12. The molecule has 2 aromatic carbocycles. The first-order chi connectivity index (χ1) is 15.6. The van der Waals surface area contributed by atoms with Gasteiger partial charge in [0.25, 0.3) is 17.7 Å². The SMILES string of the molecule is CC(C)(N)CCN(C(=O)c1[nH]cnc1C(N)=O)c1ccc(NC(=O)c2ccccc2Cl)cc1.Cl. The highest BCUT2D eigenvalue weighted by Gasteiger charge is 2.26. The fourth-order valence-corrected chi connectivity index (χ4v) is 3.32. The van der Waals surface area contributed by atoms with Crippen LogP contribution in [0.2, 0.25) is 5.02 Å². The first-order valence-corrected chi connectivity index (χ1v) is 10.5. The van der Waals surface area contributed by atoms with Crippen LogP contribution in [-0.2, 0) is 0 Å². The number of hydrogen-bond acceptors (Lipinski definition) is 5. The number of benzene rings is 2. The van der Waals surface area contributed by atoms with Crippen LogP contribution in [0.3, 0.4) is 0 Å². The molecule has 3 aromatic rings. The molecule has 9 nitrogen and oxygen atoms in total. The minimum Gasteiger partial charge on any atom is -0.364 e. The van der Waals surface area contributed by atoms with Gasteiger partial charge in [-0.25, -0.2) is 4.98 Å². The van der Waals surface area contributed by atoms with Crippen molar-refractivity contribution in [1.82, 2.24) is 9.97 Å². The molecule has 0 aliphatic rings. The van der Waals surface area contributed by atoms with E-state index >= 15 is 0 Å². The first-order valence-electron chi connectivity index (χ1n) is 10.2. The Labute approximate surface area is 208 Å². The number of carbonyl (C=O) groups is 3. The van der Waals surface area contributed by atoms with E-state index in [0.29, 0.717) is 28.4 Å². The molecule has 0 bridgehead atoms. The Morgan fingerprint density at radius 2 is 1.76 bits per heavy atom. The van der Waals surface area contributed by atoms with Gasteiger partial charge in [-0.05, 0) is 56.7 Å². The quantitative estimate of drug-likeness (QED) is 0.369. The molecular weight excluding hydrogens is 479 g/mol. The van der Waals surface area contributed by atoms with Crippen LogP contribution in [-0.4, -0.2) is 39.8 Å². The summed E-state index contributed by atoms with van der Waals surface area (Å²) in [5.41, 5.74) is 12.2. The number of hydrogen-bond donors (Lipinski definition) is 4. The van der Waals surface area contributed by atoms with Gasteiger partial charge < -0.3 is 26.7 Å². The largest absolute Gasteiger partial charge is 0.364 e. The summed E-state index contributed by atoms with van der Waals surface area (Å²) in [5.74, 6) is -1.63. The molecule has 0 radical (unpaired) electrons. The second kappa shape index (κ2) is 11.1. The third-order valence-electron chi connectivity index (χ3n) is 4.87. The van der Waals surface area contributed by atoms with Crippen molar-refractivity contribution in [1.29, 1.82) is 0 Å². The number of anilines is 2. The average molecular weight is 505 g/mol. The van der Waals surface area contributed by atoms with E-state index in [2.05, 4.69) is 15.3 Å². The van der Waals surface area contributed by atoms with E-state index in [-0.39, 0.29) is 36.2 Å². The highest BCUT2D eigenvalue weighted by molar-refractivity contribution is 6.34. The van der Waals surface area contributed by atoms with Crippen molar-refractivity contribution in [3.05, 3.63) is 76.8 Å². The highest BCUT2D eigenvalue weighted by Crippen LogP contribution is 2.23. The number of aromatic amines is 1. The van der Waals surface area contributed by atoms with Gasteiger partial charge in [-0.2, -0.15) is 0 Å². The summed E-state index contributed by atoms with van der Waals surface area (Å²) in [7, 11) is 0. The van der Waals surface area contributed by atoms with Crippen molar-refractivity contribution < 1.29 is 14.4 Å². The van der Waals surface area contributed by atoms with Gasteiger partial charge >= 0.3 is 0 Å². The molecular formula is C23H26Cl2N6O3. The molecule has 6 N–H and O–H groups in total. The maximum absolute atomic E-state index is 13.3. The lowest BCUT2D eigenvalue weighted by atomic mass is 10.0. The second-order valence-electron chi connectivity index (χ2n) is 8.17. The summed E-state index contributed by atoms with van der Waals surface area (Å²) in [4.78, 5) is 45.4. The van der Waals surface area contributed by atoms with E-state index < -0.39 is 17.4 Å². The maximum Gasteiger partial charge on any atom is 0.277 e. The number of H-pyrrole nitrogens is 1. The number of primary amides is 1. The fourth-order valence-electron chi connectivity index (χ4n) is 3.10. The van der Waals surface area contributed by atoms with Crippen LogP contribution < -0.4 is 21.7 Å². The molecule has 1 heterocycles. The first kappa shape index (κ1) is 26.8. The monoisotopic (exact) mass is 504 g/mol. The average Bonchev–Trinajstić information content (AvgIpc) is 3.24. The van der Waals surface area contributed by atoms with Gasteiger partial charge in [-0.15, -0.1) is 12.4 Å². The van der Waals surface area contributed by atoms with E-state index in [4.69, 9.17) is 23.1 Å². The van der Waals surface area contributed by atoms with Crippen LogP contribution in [0.4, 0.5) is 11.4 Å². The zero-order valence-electron chi connectivity index (χ0n) is 18.7. The molecule has 3 rings (SSSR count). The Morgan fingerprint density at radius 3 is 2.35 bits per heavy atom. The second-order valence-corrected chi connectivity index (χ2v) is 8.57. The lowest BCUT2D eigenvalue weighted by Crippen LogP contribution is -2.40. The third-order valence-corrected chi connectivity index (χ3v) is 5.20. The van der Waals surface area contributed by atoms with Crippen molar-refractivity contribution in [2.75, 3.05) is 16.8 Å². The smallest absolute Gasteiger partial charge is 0.277 e. The molecule has 0 atom stereocenters. The Morgan fingerprint density at radius 1 is 1.12 bits per heavy atom. The Balaban J connectivity index is 0.00000408. The molecule has 180 valence electrons. The molecule has 0 fully saturated rings. The lowest BCUT2D eigenvalue weighted by molar-refractivity contribution is 0.0954. The van der Waals surface area contributed by atoms with Crippen LogP contribution in [0.15, 0.2) is 54.9 Å². The number of rotatable bonds is 8. The minimum atomic E-state index is -0.809. The fraction of sp³-hybridized carbons (Fsp3) is 0.217. The van der Waals surface area contributed by atoms with E-state index in [0.717, 1.165) is 0 Å². The zero-order valence-corrected chi connectivity index (χ0v) is 20.2. The van der Waals surface area contributed by atoms with Crippen molar-refractivity contribution in [2.45, 2.75) is 25.8 Å². The van der Waals surface area contributed by atoms with Crippen LogP contribution in [0.25, 0.3) is 0 Å². The third kappa shape index (κ3) is 6.57. The summed E-state index contributed by atoms with van der Waals surface area (Å²) in [6, 6.07) is 13.4. The van der Waals surface area contributed by atoms with Crippen molar-refractivity contribution in [3.8, 4) is 0 Å². The van der Waals surface area contributed by atoms with Gasteiger partial charge in [0.1, 0.15) is 5.69 Å². The molecule has 0 aliphatic carbocycles. The number of imidazole rings is 1. The summed E-state index contributed by atoms with van der Waals surface area (Å²) >= 11 is 6.09. The molecule has 0 saturated heterocycles. The predicted octanol–water partition coefficient (Wildman–Crippen LogP) is 3.61. The predicted molar refractivity (Wildman–Crippen MR) is 135 cm³/mol. The topological polar surface area (TPSA) is 147 Å². The highest BCUT2D eigenvalue weighted by atomic mass is 35.5. The Kier molecular flexibility index (Phi) is 8.80. The van der Waals surface area contributed by atoms with Crippen molar-refractivity contribution in [2.24, 2.45) is 11.5 Å². The Hall–Kier alpha value is -3.40. The zero-order chi connectivity index (χ0) is 24.2. The lowest BCUT2D eigenvalue weighted by Gasteiger charge is -2.27. The van der Waals surface area contributed by atoms with Gasteiger partial charge in [0.2, 0.25) is 0 Å². The number of nitrogens with zero attached hydrogens (tertiary/aromatic N) is 2. The van der Waals surface area contributed by atoms with E-state index in [9.17, 15) is 14.4 Å². The van der Waals surface area contributed by atoms with Crippen LogP contribution in [0.1, 0.15) is 51.6 Å². The molecule has 34 heavy (non-hydrogen) atoms. The van der Waals surface area contributed by atoms with Crippen molar-refractivity contribution >= 4 is 53.1 Å². The van der Waals surface area contributed by atoms with Gasteiger partial charge in [0.05, 0.1) is 16.9 Å². The Bertz CT molecular complexity index is 1170. The molecule has 0 saturated carbocycles. The number of carbonyl (C=O) groups excluding carboxylic acids is 3. The van der Waals surface area contributed by atoms with Crippen LogP contribution in [0.5, 0.6) is 0 Å². The van der Waals surface area contributed by atoms with Gasteiger partial charge in [-0.1, -0.05) is 23.7 Å².